The minimum atomic E-state index is -1.08. The van der Waals surface area contributed by atoms with E-state index in [1.165, 1.54) is 11.3 Å². The summed E-state index contributed by atoms with van der Waals surface area (Å²) >= 11 is 1.29. The highest BCUT2D eigenvalue weighted by Crippen LogP contribution is 2.19. The number of nitrogens with two attached hydrogens (primary N) is 1. The van der Waals surface area contributed by atoms with Gasteiger partial charge in [-0.25, -0.2) is 4.79 Å². The van der Waals surface area contributed by atoms with Gasteiger partial charge in [0.1, 0.15) is 0 Å². The second kappa shape index (κ2) is 6.36. The molecule has 1 aromatic heterocycles. The fourth-order valence-electron chi connectivity index (χ4n) is 1.40. The Balaban J connectivity index is 2.69. The van der Waals surface area contributed by atoms with Crippen molar-refractivity contribution < 1.29 is 14.7 Å². The number of nitrogens with one attached hydrogen (secondary N) is 1. The van der Waals surface area contributed by atoms with Crippen LogP contribution in [0.1, 0.15) is 30.7 Å². The monoisotopic (exact) mass is 256 g/mol. The van der Waals surface area contributed by atoms with Crippen molar-refractivity contribution >= 4 is 23.2 Å². The van der Waals surface area contributed by atoms with Gasteiger partial charge < -0.3 is 16.2 Å². The Kier molecular flexibility index (Phi) is 5.11. The van der Waals surface area contributed by atoms with Gasteiger partial charge in [0.05, 0.1) is 6.04 Å². The standard InChI is InChI=1S/C11H16N2O3S/c1-2-4-7(12)10(14)13-9(11(15)16)8-5-3-6-17-8/h3,5-7,9H,2,4,12H2,1H3,(H,13,14)(H,15,16). The first-order valence-corrected chi connectivity index (χ1v) is 6.26. The van der Waals surface area contributed by atoms with Crippen molar-refractivity contribution in [3.05, 3.63) is 22.4 Å². The Bertz CT molecular complexity index is 378. The highest BCUT2D eigenvalue weighted by molar-refractivity contribution is 7.10. The maximum atomic E-state index is 11.6. The smallest absolute Gasteiger partial charge is 0.331 e. The molecule has 1 heterocycles. The van der Waals surface area contributed by atoms with Crippen molar-refractivity contribution in [3.63, 3.8) is 0 Å². The Labute approximate surface area is 104 Å². The van der Waals surface area contributed by atoms with Crippen molar-refractivity contribution in [2.45, 2.75) is 31.8 Å². The van der Waals surface area contributed by atoms with Gasteiger partial charge in [0.25, 0.3) is 0 Å². The molecule has 6 heteroatoms. The number of hydrogen-bond acceptors (Lipinski definition) is 4. The first-order valence-electron chi connectivity index (χ1n) is 5.38. The van der Waals surface area contributed by atoms with Gasteiger partial charge >= 0.3 is 5.97 Å². The summed E-state index contributed by atoms with van der Waals surface area (Å²) in [7, 11) is 0. The molecule has 4 N–H and O–H groups in total. The van der Waals surface area contributed by atoms with Crippen LogP contribution in [0.2, 0.25) is 0 Å². The molecular weight excluding hydrogens is 240 g/mol. The minimum Gasteiger partial charge on any atom is -0.479 e. The maximum Gasteiger partial charge on any atom is 0.331 e. The molecule has 5 nitrogen and oxygen atoms in total. The molecule has 0 aliphatic rings. The lowest BCUT2D eigenvalue weighted by atomic mass is 10.1. The third-order valence-electron chi connectivity index (χ3n) is 2.30. The molecule has 2 unspecified atom stereocenters. The molecule has 0 spiro atoms. The number of rotatable bonds is 6. The van der Waals surface area contributed by atoms with E-state index in [9.17, 15) is 9.59 Å². The SMILES string of the molecule is CCCC(N)C(=O)NC(C(=O)O)c1cccs1. The molecule has 0 aliphatic carbocycles. The maximum absolute atomic E-state index is 11.6. The van der Waals surface area contributed by atoms with Crippen molar-refractivity contribution in [1.29, 1.82) is 0 Å². The lowest BCUT2D eigenvalue weighted by Gasteiger charge is -2.16. The molecule has 1 amide bonds. The predicted molar refractivity (Wildman–Crippen MR) is 65.7 cm³/mol. The van der Waals surface area contributed by atoms with E-state index in [2.05, 4.69) is 5.32 Å². The summed E-state index contributed by atoms with van der Waals surface area (Å²) in [6.45, 7) is 1.92. The average molecular weight is 256 g/mol. The van der Waals surface area contributed by atoms with Crippen LogP contribution in [0, 0.1) is 0 Å². The first-order chi connectivity index (χ1) is 8.06. The first kappa shape index (κ1) is 13.7. The summed E-state index contributed by atoms with van der Waals surface area (Å²) in [6.07, 6.45) is 1.33. The normalized spacial score (nSPS) is 14.0. The Morgan fingerprint density at radius 2 is 2.29 bits per heavy atom. The number of carboxylic acid groups (broad SMARTS) is 1. The van der Waals surface area contributed by atoms with E-state index < -0.39 is 24.0 Å². The third kappa shape index (κ3) is 3.83. The van der Waals surface area contributed by atoms with E-state index in [0.717, 1.165) is 6.42 Å². The molecule has 0 radical (unpaired) electrons. The van der Waals surface area contributed by atoms with E-state index in [1.807, 2.05) is 6.92 Å². The van der Waals surface area contributed by atoms with E-state index in [0.29, 0.717) is 11.3 Å². The van der Waals surface area contributed by atoms with E-state index >= 15 is 0 Å². The van der Waals surface area contributed by atoms with Crippen LogP contribution in [0.15, 0.2) is 17.5 Å². The number of aliphatic carboxylic acids is 1. The van der Waals surface area contributed by atoms with Gasteiger partial charge in [0.15, 0.2) is 6.04 Å². The van der Waals surface area contributed by atoms with Crippen LogP contribution in [0.4, 0.5) is 0 Å². The van der Waals surface area contributed by atoms with E-state index in [4.69, 9.17) is 10.8 Å². The zero-order valence-corrected chi connectivity index (χ0v) is 10.4. The summed E-state index contributed by atoms with van der Waals surface area (Å²) < 4.78 is 0. The van der Waals surface area contributed by atoms with E-state index in [-0.39, 0.29) is 0 Å². The number of carbonyl (C=O) groups excluding carboxylic acids is 1. The molecule has 0 saturated heterocycles. The Hall–Kier alpha value is -1.40. The summed E-state index contributed by atoms with van der Waals surface area (Å²) in [6, 6.07) is 1.76. The molecule has 1 aromatic rings. The van der Waals surface area contributed by atoms with Gasteiger partial charge in [0.2, 0.25) is 5.91 Å². The highest BCUT2D eigenvalue weighted by atomic mass is 32.1. The summed E-state index contributed by atoms with van der Waals surface area (Å²) in [5.74, 6) is -1.50. The van der Waals surface area contributed by atoms with Crippen LogP contribution in [0.3, 0.4) is 0 Å². The molecule has 94 valence electrons. The number of hydrogen-bond donors (Lipinski definition) is 3. The zero-order chi connectivity index (χ0) is 12.8. The number of amides is 1. The van der Waals surface area contributed by atoms with Crippen LogP contribution in [-0.4, -0.2) is 23.0 Å². The van der Waals surface area contributed by atoms with Crippen LogP contribution < -0.4 is 11.1 Å². The molecule has 0 bridgehead atoms. The number of thiophene rings is 1. The van der Waals surface area contributed by atoms with Gasteiger partial charge in [-0.05, 0) is 17.9 Å². The molecule has 0 fully saturated rings. The van der Waals surface area contributed by atoms with Crippen molar-refractivity contribution in [3.8, 4) is 0 Å². The van der Waals surface area contributed by atoms with Crippen molar-refractivity contribution in [1.82, 2.24) is 5.32 Å². The van der Waals surface area contributed by atoms with Crippen LogP contribution in [0.25, 0.3) is 0 Å². The summed E-state index contributed by atoms with van der Waals surface area (Å²) in [5, 5.41) is 13.3. The molecule has 2 atom stereocenters. The number of carboxylic acids is 1. The fraction of sp³-hybridized carbons (Fsp3) is 0.455. The molecule has 17 heavy (non-hydrogen) atoms. The van der Waals surface area contributed by atoms with E-state index in [1.54, 1.807) is 17.5 Å². The second-order valence-corrected chi connectivity index (χ2v) is 4.67. The van der Waals surface area contributed by atoms with Crippen molar-refractivity contribution in [2.24, 2.45) is 5.73 Å². The number of carbonyl (C=O) groups is 2. The van der Waals surface area contributed by atoms with Crippen molar-refractivity contribution in [2.75, 3.05) is 0 Å². The van der Waals surface area contributed by atoms with Gasteiger partial charge in [-0.1, -0.05) is 19.4 Å². The molecule has 0 aliphatic heterocycles. The van der Waals surface area contributed by atoms with Gasteiger partial charge in [-0.3, -0.25) is 4.79 Å². The average Bonchev–Trinajstić information content (AvgIpc) is 2.78. The Morgan fingerprint density at radius 3 is 2.76 bits per heavy atom. The molecular formula is C11H16N2O3S. The zero-order valence-electron chi connectivity index (χ0n) is 9.55. The quantitative estimate of drug-likeness (QED) is 0.711. The van der Waals surface area contributed by atoms with Crippen LogP contribution >= 0.6 is 11.3 Å². The van der Waals surface area contributed by atoms with Crippen LogP contribution in [-0.2, 0) is 9.59 Å². The molecule has 0 saturated carbocycles. The van der Waals surface area contributed by atoms with Gasteiger partial charge in [-0.15, -0.1) is 11.3 Å². The second-order valence-electron chi connectivity index (χ2n) is 3.69. The largest absolute Gasteiger partial charge is 0.479 e. The summed E-state index contributed by atoms with van der Waals surface area (Å²) in [5.41, 5.74) is 5.63. The molecule has 0 aromatic carbocycles. The third-order valence-corrected chi connectivity index (χ3v) is 3.23. The lowest BCUT2D eigenvalue weighted by molar-refractivity contribution is -0.142. The topological polar surface area (TPSA) is 92.4 Å². The molecule has 1 rings (SSSR count). The van der Waals surface area contributed by atoms with Crippen LogP contribution in [0.5, 0.6) is 0 Å². The Morgan fingerprint density at radius 1 is 1.59 bits per heavy atom. The van der Waals surface area contributed by atoms with Gasteiger partial charge in [0, 0.05) is 4.88 Å². The lowest BCUT2D eigenvalue weighted by Crippen LogP contribution is -2.44. The highest BCUT2D eigenvalue weighted by Gasteiger charge is 2.25. The van der Waals surface area contributed by atoms with Gasteiger partial charge in [-0.2, -0.15) is 0 Å². The summed E-state index contributed by atoms with van der Waals surface area (Å²) in [4.78, 5) is 23.3. The minimum absolute atomic E-state index is 0.423. The predicted octanol–water partition coefficient (Wildman–Crippen LogP) is 1.12. The fourth-order valence-corrected chi connectivity index (χ4v) is 2.17.